The van der Waals surface area contributed by atoms with Crippen molar-refractivity contribution in [3.8, 4) is 5.69 Å². The zero-order valence-electron chi connectivity index (χ0n) is 12.7. The summed E-state index contributed by atoms with van der Waals surface area (Å²) < 4.78 is 1.86. The second-order valence-corrected chi connectivity index (χ2v) is 5.59. The predicted molar refractivity (Wildman–Crippen MR) is 87.1 cm³/mol. The fourth-order valence-electron chi connectivity index (χ4n) is 2.85. The first-order valence-corrected chi connectivity index (χ1v) is 7.88. The third kappa shape index (κ3) is 3.45. The highest BCUT2D eigenvalue weighted by molar-refractivity contribution is 5.93. The van der Waals surface area contributed by atoms with E-state index in [-0.39, 0.29) is 5.91 Å². The standard InChI is InChI=1S/C18H21N3O/c22-18(20-12-10-15-6-2-1-3-7-15)17-9-5-13-21(17)16-8-4-11-19-14-16/h4-6,8-9,11,13-14H,1-3,7,10,12H2,(H,20,22). The maximum Gasteiger partial charge on any atom is 0.268 e. The molecule has 114 valence electrons. The van der Waals surface area contributed by atoms with Crippen molar-refractivity contribution in [3.05, 3.63) is 60.2 Å². The van der Waals surface area contributed by atoms with E-state index in [4.69, 9.17) is 0 Å². The molecule has 0 radical (unpaired) electrons. The molecule has 0 unspecified atom stereocenters. The Labute approximate surface area is 130 Å². The molecule has 0 aliphatic heterocycles. The molecule has 0 atom stereocenters. The highest BCUT2D eigenvalue weighted by atomic mass is 16.1. The minimum Gasteiger partial charge on any atom is -0.350 e. The number of carbonyl (C=O) groups is 1. The monoisotopic (exact) mass is 295 g/mol. The fraction of sp³-hybridized carbons (Fsp3) is 0.333. The summed E-state index contributed by atoms with van der Waals surface area (Å²) in [6, 6.07) is 7.52. The van der Waals surface area contributed by atoms with Crippen molar-refractivity contribution in [2.75, 3.05) is 6.54 Å². The van der Waals surface area contributed by atoms with Crippen LogP contribution >= 0.6 is 0 Å². The maximum absolute atomic E-state index is 12.4. The van der Waals surface area contributed by atoms with Crippen LogP contribution in [0, 0.1) is 0 Å². The Morgan fingerprint density at radius 3 is 3.00 bits per heavy atom. The van der Waals surface area contributed by atoms with E-state index >= 15 is 0 Å². The average Bonchev–Trinajstić information content (AvgIpc) is 3.06. The molecule has 0 saturated carbocycles. The summed E-state index contributed by atoms with van der Waals surface area (Å²) in [6.07, 6.45) is 13.6. The molecule has 1 N–H and O–H groups in total. The van der Waals surface area contributed by atoms with Gasteiger partial charge in [-0.15, -0.1) is 0 Å². The van der Waals surface area contributed by atoms with Crippen molar-refractivity contribution in [2.45, 2.75) is 32.1 Å². The van der Waals surface area contributed by atoms with E-state index < -0.39 is 0 Å². The van der Waals surface area contributed by atoms with Gasteiger partial charge in [-0.2, -0.15) is 0 Å². The minimum atomic E-state index is -0.0368. The largest absolute Gasteiger partial charge is 0.350 e. The molecule has 0 saturated heterocycles. The van der Waals surface area contributed by atoms with Gasteiger partial charge in [-0.05, 0) is 56.4 Å². The number of carbonyl (C=O) groups excluding carboxylic acids is 1. The van der Waals surface area contributed by atoms with Gasteiger partial charge in [0.25, 0.3) is 5.91 Å². The van der Waals surface area contributed by atoms with E-state index in [1.54, 1.807) is 12.4 Å². The smallest absolute Gasteiger partial charge is 0.268 e. The topological polar surface area (TPSA) is 46.9 Å². The van der Waals surface area contributed by atoms with E-state index in [2.05, 4.69) is 16.4 Å². The number of amides is 1. The van der Waals surface area contributed by atoms with Crippen LogP contribution in [0.15, 0.2) is 54.5 Å². The first-order chi connectivity index (χ1) is 10.8. The molecule has 0 fully saturated rings. The third-order valence-electron chi connectivity index (χ3n) is 4.02. The molecule has 0 bridgehead atoms. The maximum atomic E-state index is 12.4. The zero-order chi connectivity index (χ0) is 15.2. The Hall–Kier alpha value is -2.36. The summed E-state index contributed by atoms with van der Waals surface area (Å²) >= 11 is 0. The molecule has 0 spiro atoms. The van der Waals surface area contributed by atoms with Crippen molar-refractivity contribution >= 4 is 5.91 Å². The van der Waals surface area contributed by atoms with Crippen molar-refractivity contribution < 1.29 is 4.79 Å². The molecule has 0 aromatic carbocycles. The van der Waals surface area contributed by atoms with E-state index in [0.29, 0.717) is 12.2 Å². The lowest BCUT2D eigenvalue weighted by molar-refractivity contribution is 0.0947. The van der Waals surface area contributed by atoms with Gasteiger partial charge in [-0.1, -0.05) is 11.6 Å². The normalized spacial score (nSPS) is 14.5. The Morgan fingerprint density at radius 2 is 2.23 bits per heavy atom. The van der Waals surface area contributed by atoms with Crippen LogP contribution in [0.1, 0.15) is 42.6 Å². The summed E-state index contributed by atoms with van der Waals surface area (Å²) in [5, 5.41) is 3.02. The third-order valence-corrected chi connectivity index (χ3v) is 4.02. The Kier molecular flexibility index (Phi) is 4.68. The quantitative estimate of drug-likeness (QED) is 0.858. The number of pyridine rings is 1. The molecular formula is C18H21N3O. The van der Waals surface area contributed by atoms with Crippen LogP contribution in [0.5, 0.6) is 0 Å². The first-order valence-electron chi connectivity index (χ1n) is 7.88. The number of aromatic nitrogens is 2. The van der Waals surface area contributed by atoms with Crippen LogP contribution in [0.4, 0.5) is 0 Å². The first kappa shape index (κ1) is 14.6. The molecule has 1 amide bonds. The van der Waals surface area contributed by atoms with Crippen LogP contribution in [0.2, 0.25) is 0 Å². The molecule has 2 heterocycles. The zero-order valence-corrected chi connectivity index (χ0v) is 12.7. The van der Waals surface area contributed by atoms with Gasteiger partial charge in [0.1, 0.15) is 5.69 Å². The Balaban J connectivity index is 1.61. The number of nitrogens with one attached hydrogen (secondary N) is 1. The van der Waals surface area contributed by atoms with Crippen LogP contribution in [0.3, 0.4) is 0 Å². The predicted octanol–water partition coefficient (Wildman–Crippen LogP) is 3.49. The van der Waals surface area contributed by atoms with Gasteiger partial charge < -0.3 is 9.88 Å². The highest BCUT2D eigenvalue weighted by Gasteiger charge is 2.12. The molecule has 1 aliphatic rings. The fourth-order valence-corrected chi connectivity index (χ4v) is 2.85. The highest BCUT2D eigenvalue weighted by Crippen LogP contribution is 2.19. The minimum absolute atomic E-state index is 0.0368. The lowest BCUT2D eigenvalue weighted by Gasteiger charge is -2.13. The number of nitrogens with zero attached hydrogens (tertiary/aromatic N) is 2. The van der Waals surface area contributed by atoms with Crippen molar-refractivity contribution in [1.82, 2.24) is 14.9 Å². The summed E-state index contributed by atoms with van der Waals surface area (Å²) in [7, 11) is 0. The Morgan fingerprint density at radius 1 is 1.27 bits per heavy atom. The second-order valence-electron chi connectivity index (χ2n) is 5.59. The van der Waals surface area contributed by atoms with Crippen LogP contribution in [-0.4, -0.2) is 22.0 Å². The average molecular weight is 295 g/mol. The van der Waals surface area contributed by atoms with Gasteiger partial charge >= 0.3 is 0 Å². The van der Waals surface area contributed by atoms with Gasteiger partial charge in [0.15, 0.2) is 0 Å². The van der Waals surface area contributed by atoms with Crippen LogP contribution < -0.4 is 5.32 Å². The molecular weight excluding hydrogens is 274 g/mol. The van der Waals surface area contributed by atoms with Crippen molar-refractivity contribution in [3.63, 3.8) is 0 Å². The molecule has 22 heavy (non-hydrogen) atoms. The second kappa shape index (κ2) is 7.07. The molecule has 4 heteroatoms. The number of allylic oxidation sites excluding steroid dienone is 1. The van der Waals surface area contributed by atoms with E-state index in [1.165, 1.54) is 31.3 Å². The van der Waals surface area contributed by atoms with Crippen LogP contribution in [0.25, 0.3) is 5.69 Å². The van der Waals surface area contributed by atoms with E-state index in [9.17, 15) is 4.79 Å². The van der Waals surface area contributed by atoms with Gasteiger partial charge in [0.2, 0.25) is 0 Å². The summed E-state index contributed by atoms with van der Waals surface area (Å²) in [5.41, 5.74) is 3.02. The number of hydrogen-bond donors (Lipinski definition) is 1. The van der Waals surface area contributed by atoms with Gasteiger partial charge in [0.05, 0.1) is 11.9 Å². The summed E-state index contributed by atoms with van der Waals surface area (Å²) in [6.45, 7) is 0.697. The molecule has 4 nitrogen and oxygen atoms in total. The molecule has 3 rings (SSSR count). The van der Waals surface area contributed by atoms with Crippen LogP contribution in [-0.2, 0) is 0 Å². The summed E-state index contributed by atoms with van der Waals surface area (Å²) in [5.74, 6) is -0.0368. The number of hydrogen-bond acceptors (Lipinski definition) is 2. The number of rotatable bonds is 5. The Bertz CT molecular complexity index is 658. The SMILES string of the molecule is O=C(NCCC1=CCCCC1)c1cccn1-c1cccnc1. The van der Waals surface area contributed by atoms with E-state index in [1.807, 2.05) is 35.0 Å². The van der Waals surface area contributed by atoms with E-state index in [0.717, 1.165) is 12.1 Å². The summed E-state index contributed by atoms with van der Waals surface area (Å²) in [4.78, 5) is 16.5. The molecule has 1 aliphatic carbocycles. The van der Waals surface area contributed by atoms with Crippen molar-refractivity contribution in [2.24, 2.45) is 0 Å². The molecule has 2 aromatic rings. The molecule has 2 aromatic heterocycles. The van der Waals surface area contributed by atoms with Gasteiger partial charge in [-0.25, -0.2) is 0 Å². The van der Waals surface area contributed by atoms with Gasteiger partial charge in [-0.3, -0.25) is 9.78 Å². The van der Waals surface area contributed by atoms with Crippen molar-refractivity contribution in [1.29, 1.82) is 0 Å². The lowest BCUT2D eigenvalue weighted by atomic mass is 9.97. The van der Waals surface area contributed by atoms with Gasteiger partial charge in [0, 0.05) is 18.9 Å². The lowest BCUT2D eigenvalue weighted by Crippen LogP contribution is -2.26.